The fourth-order valence-corrected chi connectivity index (χ4v) is 2.49. The van der Waals surface area contributed by atoms with Crippen molar-refractivity contribution >= 4 is 34.7 Å². The molecule has 8 heteroatoms. The molecule has 0 atom stereocenters. The highest BCUT2D eigenvalue weighted by molar-refractivity contribution is 6.34. The number of hydrogen-bond donors (Lipinski definition) is 1. The summed E-state index contributed by atoms with van der Waals surface area (Å²) in [7, 11) is 0. The summed E-state index contributed by atoms with van der Waals surface area (Å²) in [6, 6.07) is 6.99. The third-order valence-electron chi connectivity index (χ3n) is 2.89. The summed E-state index contributed by atoms with van der Waals surface area (Å²) in [4.78, 5) is 11.4. The maximum Gasteiger partial charge on any atom is 0.454 e. The number of alkyl halides is 3. The van der Waals surface area contributed by atoms with Crippen LogP contribution in [0.2, 0.25) is 10.0 Å². The Bertz CT molecular complexity index is 726. The van der Waals surface area contributed by atoms with Gasteiger partial charge in [-0.1, -0.05) is 23.2 Å². The van der Waals surface area contributed by atoms with Gasteiger partial charge in [0.1, 0.15) is 5.82 Å². The molecule has 0 radical (unpaired) electrons. The minimum atomic E-state index is -5.05. The number of carbonyl (C=O) groups is 1. The first-order valence-electron chi connectivity index (χ1n) is 6.27. The molecule has 2 aromatic carbocycles. The highest BCUT2D eigenvalue weighted by atomic mass is 35.5. The molecule has 0 saturated heterocycles. The molecule has 0 fully saturated rings. The molecule has 0 heterocycles. The number of carbonyl (C=O) groups excluding carboxylic acids is 1. The highest BCUT2D eigenvalue weighted by Crippen LogP contribution is 2.28. The molecule has 0 aliphatic rings. The molecule has 0 saturated carbocycles. The standard InChI is InChI=1S/C15H9Cl2F4NO/c16-9-3-8(4-10(17)5-9)7-22-13-6-11(18)1-2-12(13)14(23)15(19,20)21/h1-6,22H,7H2. The molecule has 0 aliphatic carbocycles. The minimum absolute atomic E-state index is 0.0157. The second-order valence-electron chi connectivity index (χ2n) is 4.65. The summed E-state index contributed by atoms with van der Waals surface area (Å²) in [5.41, 5.74) is -0.354. The molecule has 122 valence electrons. The van der Waals surface area contributed by atoms with Crippen LogP contribution < -0.4 is 5.32 Å². The van der Waals surface area contributed by atoms with Crippen LogP contribution in [0.15, 0.2) is 36.4 Å². The van der Waals surface area contributed by atoms with Gasteiger partial charge in [-0.05, 0) is 42.0 Å². The van der Waals surface area contributed by atoms with Crippen molar-refractivity contribution in [3.05, 3.63) is 63.4 Å². The first kappa shape index (κ1) is 17.6. The van der Waals surface area contributed by atoms with Gasteiger partial charge in [-0.2, -0.15) is 13.2 Å². The monoisotopic (exact) mass is 365 g/mol. The lowest BCUT2D eigenvalue weighted by molar-refractivity contribution is -0.0884. The van der Waals surface area contributed by atoms with E-state index in [4.69, 9.17) is 23.2 Å². The van der Waals surface area contributed by atoms with E-state index in [0.29, 0.717) is 15.6 Å². The van der Waals surface area contributed by atoms with Gasteiger partial charge in [0.25, 0.3) is 5.78 Å². The fraction of sp³-hybridized carbons (Fsp3) is 0.133. The Hall–Kier alpha value is -1.79. The van der Waals surface area contributed by atoms with Crippen LogP contribution in [0, 0.1) is 5.82 Å². The topological polar surface area (TPSA) is 29.1 Å². The number of ketones is 1. The Morgan fingerprint density at radius 2 is 1.65 bits per heavy atom. The van der Waals surface area contributed by atoms with Crippen molar-refractivity contribution < 1.29 is 22.4 Å². The third kappa shape index (κ3) is 4.59. The van der Waals surface area contributed by atoms with Crippen molar-refractivity contribution in [2.75, 3.05) is 5.32 Å². The molecule has 0 spiro atoms. The molecule has 1 N–H and O–H groups in total. The first-order valence-corrected chi connectivity index (χ1v) is 7.02. The largest absolute Gasteiger partial charge is 0.454 e. The van der Waals surface area contributed by atoms with Gasteiger partial charge in [0.2, 0.25) is 0 Å². The first-order chi connectivity index (χ1) is 10.7. The van der Waals surface area contributed by atoms with Gasteiger partial charge in [0.05, 0.1) is 5.56 Å². The van der Waals surface area contributed by atoms with Gasteiger partial charge < -0.3 is 5.32 Å². The second-order valence-corrected chi connectivity index (χ2v) is 5.52. The van der Waals surface area contributed by atoms with Gasteiger partial charge in [0, 0.05) is 22.3 Å². The lowest BCUT2D eigenvalue weighted by atomic mass is 10.1. The SMILES string of the molecule is O=C(c1ccc(F)cc1NCc1cc(Cl)cc(Cl)c1)C(F)(F)F. The van der Waals surface area contributed by atoms with Crippen LogP contribution in [0.25, 0.3) is 0 Å². The van der Waals surface area contributed by atoms with Gasteiger partial charge >= 0.3 is 6.18 Å². The molecule has 2 aromatic rings. The summed E-state index contributed by atoms with van der Waals surface area (Å²) in [6.45, 7) is 0.0157. The van der Waals surface area contributed by atoms with E-state index >= 15 is 0 Å². The molecule has 0 aliphatic heterocycles. The Balaban J connectivity index is 2.28. The molecule has 2 rings (SSSR count). The summed E-state index contributed by atoms with van der Waals surface area (Å²) in [5.74, 6) is -2.82. The number of hydrogen-bond acceptors (Lipinski definition) is 2. The van der Waals surface area contributed by atoms with E-state index in [1.54, 1.807) is 12.1 Å². The smallest absolute Gasteiger partial charge is 0.380 e. The minimum Gasteiger partial charge on any atom is -0.380 e. The quantitative estimate of drug-likeness (QED) is 0.573. The van der Waals surface area contributed by atoms with E-state index < -0.39 is 23.3 Å². The van der Waals surface area contributed by atoms with Crippen molar-refractivity contribution in [1.29, 1.82) is 0 Å². The highest BCUT2D eigenvalue weighted by Gasteiger charge is 2.40. The molecule has 0 unspecified atom stereocenters. The van der Waals surface area contributed by atoms with Crippen molar-refractivity contribution in [2.24, 2.45) is 0 Å². The van der Waals surface area contributed by atoms with Crippen LogP contribution in [0.1, 0.15) is 15.9 Å². The lowest BCUT2D eigenvalue weighted by Gasteiger charge is -2.13. The van der Waals surface area contributed by atoms with E-state index in [9.17, 15) is 22.4 Å². The zero-order valence-electron chi connectivity index (χ0n) is 11.3. The number of anilines is 1. The maximum atomic E-state index is 13.3. The number of halogens is 6. The molecule has 23 heavy (non-hydrogen) atoms. The summed E-state index contributed by atoms with van der Waals surface area (Å²) < 4.78 is 51.0. The number of nitrogens with one attached hydrogen (secondary N) is 1. The predicted molar refractivity (Wildman–Crippen MR) is 80.6 cm³/mol. The Morgan fingerprint density at radius 1 is 1.04 bits per heavy atom. The van der Waals surface area contributed by atoms with E-state index in [2.05, 4.69) is 5.32 Å². The van der Waals surface area contributed by atoms with Crippen LogP contribution in [0.5, 0.6) is 0 Å². The normalized spacial score (nSPS) is 11.4. The van der Waals surface area contributed by atoms with Crippen molar-refractivity contribution in [3.8, 4) is 0 Å². The van der Waals surface area contributed by atoms with Crippen LogP contribution in [0.4, 0.5) is 23.2 Å². The molecule has 0 bridgehead atoms. The molecule has 0 amide bonds. The van der Waals surface area contributed by atoms with Gasteiger partial charge in [-0.25, -0.2) is 4.39 Å². The van der Waals surface area contributed by atoms with Crippen LogP contribution >= 0.6 is 23.2 Å². The molecular formula is C15H9Cl2F4NO. The zero-order valence-corrected chi connectivity index (χ0v) is 12.9. The van der Waals surface area contributed by atoms with Gasteiger partial charge in [-0.3, -0.25) is 4.79 Å². The Morgan fingerprint density at radius 3 is 2.22 bits per heavy atom. The van der Waals surface area contributed by atoms with Crippen LogP contribution in [-0.2, 0) is 6.54 Å². The summed E-state index contributed by atoms with van der Waals surface area (Å²) in [5, 5.41) is 3.29. The third-order valence-corrected chi connectivity index (χ3v) is 3.33. The second kappa shape index (κ2) is 6.76. The molecule has 2 nitrogen and oxygen atoms in total. The maximum absolute atomic E-state index is 13.3. The van der Waals surface area contributed by atoms with Crippen LogP contribution in [-0.4, -0.2) is 12.0 Å². The van der Waals surface area contributed by atoms with Crippen molar-refractivity contribution in [3.63, 3.8) is 0 Å². The lowest BCUT2D eigenvalue weighted by Crippen LogP contribution is -2.24. The average Bonchev–Trinajstić information content (AvgIpc) is 2.42. The Kier molecular flexibility index (Phi) is 5.16. The fourth-order valence-electron chi connectivity index (χ4n) is 1.92. The number of benzene rings is 2. The van der Waals surface area contributed by atoms with E-state index in [0.717, 1.165) is 18.2 Å². The van der Waals surface area contributed by atoms with Gasteiger partial charge in [0.15, 0.2) is 0 Å². The molecular weight excluding hydrogens is 357 g/mol. The number of rotatable bonds is 4. The number of Topliss-reactive ketones (excluding diaryl/α,β-unsaturated/α-hetero) is 1. The van der Waals surface area contributed by atoms with Gasteiger partial charge in [-0.15, -0.1) is 0 Å². The summed E-state index contributed by atoms with van der Waals surface area (Å²) in [6.07, 6.45) is -5.05. The van der Waals surface area contributed by atoms with Crippen LogP contribution in [0.3, 0.4) is 0 Å². The van der Waals surface area contributed by atoms with E-state index in [1.807, 2.05) is 0 Å². The van der Waals surface area contributed by atoms with E-state index in [-0.39, 0.29) is 12.2 Å². The van der Waals surface area contributed by atoms with Crippen molar-refractivity contribution in [1.82, 2.24) is 0 Å². The predicted octanol–water partition coefficient (Wildman–Crippen LogP) is 5.49. The van der Waals surface area contributed by atoms with Crippen molar-refractivity contribution in [2.45, 2.75) is 12.7 Å². The summed E-state index contributed by atoms with van der Waals surface area (Å²) >= 11 is 11.6. The molecule has 0 aromatic heterocycles. The average molecular weight is 366 g/mol. The zero-order chi connectivity index (χ0) is 17.2. The van der Waals surface area contributed by atoms with E-state index in [1.165, 1.54) is 6.07 Å². The Labute approximate surface area is 139 Å².